The van der Waals surface area contributed by atoms with Crippen LogP contribution < -0.4 is 4.90 Å². The van der Waals surface area contributed by atoms with E-state index in [1.54, 1.807) is 12.4 Å². The summed E-state index contributed by atoms with van der Waals surface area (Å²) >= 11 is 0. The third kappa shape index (κ3) is 2.41. The number of hydrogen-bond acceptors (Lipinski definition) is 5. The number of nitrogens with zero attached hydrogens (tertiary/aromatic N) is 4. The molecule has 110 valence electrons. The molecule has 1 atom stereocenters. The number of piperidine rings is 1. The Bertz CT molecular complexity index is 676. The first kappa shape index (κ1) is 13.7. The van der Waals surface area contributed by atoms with Gasteiger partial charge < -0.3 is 10.0 Å². The maximum Gasteiger partial charge on any atom is 0.311 e. The molecular weight excluding hydrogens is 268 g/mol. The van der Waals surface area contributed by atoms with Gasteiger partial charge in [0.05, 0.1) is 5.41 Å². The number of carboxylic acid groups (broad SMARTS) is 1. The van der Waals surface area contributed by atoms with Crippen LogP contribution in [0.3, 0.4) is 0 Å². The van der Waals surface area contributed by atoms with Crippen molar-refractivity contribution in [2.45, 2.75) is 26.2 Å². The van der Waals surface area contributed by atoms with Crippen molar-refractivity contribution in [2.24, 2.45) is 5.41 Å². The summed E-state index contributed by atoms with van der Waals surface area (Å²) < 4.78 is 0. The number of rotatable bonds is 3. The van der Waals surface area contributed by atoms with Gasteiger partial charge in [-0.3, -0.25) is 9.78 Å². The second-order valence-electron chi connectivity index (χ2n) is 5.53. The summed E-state index contributed by atoms with van der Waals surface area (Å²) in [5.41, 5.74) is 0.674. The molecule has 0 aromatic carbocycles. The molecule has 1 aliphatic rings. The number of fused-ring (bicyclic) bond motifs is 1. The molecule has 1 saturated heterocycles. The fourth-order valence-corrected chi connectivity index (χ4v) is 2.96. The molecule has 0 radical (unpaired) electrons. The monoisotopic (exact) mass is 286 g/mol. The molecule has 3 rings (SSSR count). The Balaban J connectivity index is 1.92. The van der Waals surface area contributed by atoms with E-state index >= 15 is 0 Å². The van der Waals surface area contributed by atoms with Gasteiger partial charge >= 0.3 is 5.97 Å². The fraction of sp³-hybridized carbons (Fsp3) is 0.467. The fourth-order valence-electron chi connectivity index (χ4n) is 2.96. The van der Waals surface area contributed by atoms with Gasteiger partial charge in [0.2, 0.25) is 0 Å². The average Bonchev–Trinajstić information content (AvgIpc) is 2.54. The van der Waals surface area contributed by atoms with Crippen LogP contribution in [0.15, 0.2) is 24.5 Å². The molecule has 2 aromatic rings. The third-order valence-electron chi connectivity index (χ3n) is 4.35. The Hall–Kier alpha value is -2.24. The molecule has 0 saturated carbocycles. The lowest BCUT2D eigenvalue weighted by Crippen LogP contribution is -2.47. The van der Waals surface area contributed by atoms with E-state index in [9.17, 15) is 9.90 Å². The summed E-state index contributed by atoms with van der Waals surface area (Å²) in [4.78, 5) is 26.6. The van der Waals surface area contributed by atoms with Crippen LogP contribution in [0.4, 0.5) is 5.82 Å². The number of anilines is 1. The minimum atomic E-state index is -0.713. The zero-order valence-corrected chi connectivity index (χ0v) is 12.0. The molecule has 1 fully saturated rings. The lowest BCUT2D eigenvalue weighted by molar-refractivity contribution is -0.149. The lowest BCUT2D eigenvalue weighted by Gasteiger charge is -2.40. The van der Waals surface area contributed by atoms with Crippen LogP contribution in [-0.4, -0.2) is 39.1 Å². The van der Waals surface area contributed by atoms with Crippen LogP contribution in [0, 0.1) is 5.41 Å². The molecule has 6 nitrogen and oxygen atoms in total. The average molecular weight is 286 g/mol. The highest BCUT2D eigenvalue weighted by atomic mass is 16.4. The first-order valence-electron chi connectivity index (χ1n) is 7.21. The number of pyridine rings is 1. The molecule has 0 amide bonds. The van der Waals surface area contributed by atoms with Gasteiger partial charge in [-0.05, 0) is 31.4 Å². The van der Waals surface area contributed by atoms with E-state index in [1.807, 2.05) is 19.1 Å². The second-order valence-corrected chi connectivity index (χ2v) is 5.53. The maximum absolute atomic E-state index is 11.6. The first-order chi connectivity index (χ1) is 10.1. The largest absolute Gasteiger partial charge is 0.481 e. The SMILES string of the molecule is CCC1(C(=O)O)CCCN(c2ccc3nccnc3n2)C1. The highest BCUT2D eigenvalue weighted by Crippen LogP contribution is 2.35. The molecule has 1 N–H and O–H groups in total. The minimum absolute atomic E-state index is 0.498. The molecular formula is C15H18N4O2. The van der Waals surface area contributed by atoms with Crippen molar-refractivity contribution in [3.8, 4) is 0 Å². The van der Waals surface area contributed by atoms with Crippen LogP contribution in [0.25, 0.3) is 11.2 Å². The van der Waals surface area contributed by atoms with Gasteiger partial charge in [0.1, 0.15) is 11.3 Å². The van der Waals surface area contributed by atoms with Gasteiger partial charge in [0.25, 0.3) is 0 Å². The Labute approximate surface area is 122 Å². The Morgan fingerprint density at radius 1 is 1.38 bits per heavy atom. The summed E-state index contributed by atoms with van der Waals surface area (Å²) in [5.74, 6) is 0.0667. The van der Waals surface area contributed by atoms with Gasteiger partial charge in [0, 0.05) is 25.5 Å². The molecule has 3 heterocycles. The smallest absolute Gasteiger partial charge is 0.311 e. The predicted octanol–water partition coefficient (Wildman–Crippen LogP) is 2.11. The zero-order chi connectivity index (χ0) is 14.9. The normalized spacial score (nSPS) is 22.4. The standard InChI is InChI=1S/C15H18N4O2/c1-2-15(14(20)21)6-3-9-19(10-15)12-5-4-11-13(18-12)17-8-7-16-11/h4-5,7-8H,2-3,6,9-10H2,1H3,(H,20,21). The second kappa shape index (κ2) is 5.27. The summed E-state index contributed by atoms with van der Waals surface area (Å²) in [6, 6.07) is 3.78. The van der Waals surface area contributed by atoms with Crippen molar-refractivity contribution in [3.05, 3.63) is 24.5 Å². The Morgan fingerprint density at radius 3 is 2.95 bits per heavy atom. The van der Waals surface area contributed by atoms with Crippen LogP contribution >= 0.6 is 0 Å². The van der Waals surface area contributed by atoms with Gasteiger partial charge in [0.15, 0.2) is 5.65 Å². The molecule has 0 spiro atoms. The molecule has 1 aliphatic heterocycles. The highest BCUT2D eigenvalue weighted by Gasteiger charge is 2.41. The zero-order valence-electron chi connectivity index (χ0n) is 12.0. The topological polar surface area (TPSA) is 79.2 Å². The van der Waals surface area contributed by atoms with E-state index < -0.39 is 11.4 Å². The van der Waals surface area contributed by atoms with Crippen molar-refractivity contribution in [3.63, 3.8) is 0 Å². The number of aromatic nitrogens is 3. The van der Waals surface area contributed by atoms with E-state index in [-0.39, 0.29) is 0 Å². The lowest BCUT2D eigenvalue weighted by atomic mass is 9.77. The number of carboxylic acids is 1. The van der Waals surface area contributed by atoms with Crippen molar-refractivity contribution >= 4 is 23.0 Å². The van der Waals surface area contributed by atoms with Gasteiger partial charge in [-0.15, -0.1) is 0 Å². The summed E-state index contributed by atoms with van der Waals surface area (Å²) in [6.45, 7) is 3.27. The number of aliphatic carboxylic acids is 1. The Morgan fingerprint density at radius 2 is 2.19 bits per heavy atom. The molecule has 21 heavy (non-hydrogen) atoms. The highest BCUT2D eigenvalue weighted by molar-refractivity contribution is 5.76. The van der Waals surface area contributed by atoms with Gasteiger partial charge in [-0.25, -0.2) is 9.97 Å². The number of hydrogen-bond donors (Lipinski definition) is 1. The predicted molar refractivity (Wildman–Crippen MR) is 79.1 cm³/mol. The molecule has 2 aromatic heterocycles. The van der Waals surface area contributed by atoms with E-state index in [4.69, 9.17) is 0 Å². The van der Waals surface area contributed by atoms with Crippen LogP contribution in [0.2, 0.25) is 0 Å². The van der Waals surface area contributed by atoms with Crippen LogP contribution in [-0.2, 0) is 4.79 Å². The van der Waals surface area contributed by atoms with Gasteiger partial charge in [-0.2, -0.15) is 0 Å². The van der Waals surface area contributed by atoms with Crippen LogP contribution in [0.5, 0.6) is 0 Å². The van der Waals surface area contributed by atoms with Crippen molar-refractivity contribution in [2.75, 3.05) is 18.0 Å². The van der Waals surface area contributed by atoms with E-state index in [1.165, 1.54) is 0 Å². The molecule has 0 bridgehead atoms. The quantitative estimate of drug-likeness (QED) is 0.931. The van der Waals surface area contributed by atoms with Crippen molar-refractivity contribution < 1.29 is 9.90 Å². The summed E-state index contributed by atoms with van der Waals surface area (Å²) in [7, 11) is 0. The first-order valence-corrected chi connectivity index (χ1v) is 7.21. The maximum atomic E-state index is 11.6. The van der Waals surface area contributed by atoms with E-state index in [0.29, 0.717) is 18.6 Å². The summed E-state index contributed by atoms with van der Waals surface area (Å²) in [6.07, 6.45) is 5.47. The minimum Gasteiger partial charge on any atom is -0.481 e. The van der Waals surface area contributed by atoms with Crippen molar-refractivity contribution in [1.29, 1.82) is 0 Å². The molecule has 1 unspecified atom stereocenters. The van der Waals surface area contributed by atoms with Crippen molar-refractivity contribution in [1.82, 2.24) is 15.0 Å². The molecule has 0 aliphatic carbocycles. The third-order valence-corrected chi connectivity index (χ3v) is 4.35. The molecule has 6 heteroatoms. The number of carbonyl (C=O) groups is 1. The van der Waals surface area contributed by atoms with Gasteiger partial charge in [-0.1, -0.05) is 6.92 Å². The Kier molecular flexibility index (Phi) is 3.45. The van der Waals surface area contributed by atoms with E-state index in [0.717, 1.165) is 30.7 Å². The van der Waals surface area contributed by atoms with Crippen LogP contribution in [0.1, 0.15) is 26.2 Å². The van der Waals surface area contributed by atoms with E-state index in [2.05, 4.69) is 19.9 Å². The summed E-state index contributed by atoms with van der Waals surface area (Å²) in [5, 5.41) is 9.56.